The lowest BCUT2D eigenvalue weighted by Crippen LogP contribution is -2.50. The minimum atomic E-state index is -1.04. The van der Waals surface area contributed by atoms with Gasteiger partial charge in [0, 0.05) is 57.0 Å². The SMILES string of the molecule is COc1cc2c(cc1OCCCCCOc1cc3c(cc1OC)C(O)N1Cc4cc(N)ccc4C[C@H]1C(=O)N3C)N(C)C(=O)[C@@H]1Cc3ccccc3CN1C2=O. The molecule has 0 aromatic heterocycles. The van der Waals surface area contributed by atoms with E-state index in [1.165, 1.54) is 7.11 Å². The molecule has 8 rings (SSSR count). The number of aliphatic hydroxyl groups excluding tert-OH is 1. The summed E-state index contributed by atoms with van der Waals surface area (Å²) < 4.78 is 23.7. The Morgan fingerprint density at radius 3 is 2.00 bits per heavy atom. The molecule has 4 aromatic carbocycles. The molecule has 0 aliphatic carbocycles. The van der Waals surface area contributed by atoms with Gasteiger partial charge in [-0.1, -0.05) is 30.3 Å². The van der Waals surface area contributed by atoms with Gasteiger partial charge in [-0.05, 0) is 72.2 Å². The van der Waals surface area contributed by atoms with Crippen LogP contribution in [0.4, 0.5) is 17.1 Å². The van der Waals surface area contributed by atoms with E-state index in [1.54, 1.807) is 60.2 Å². The summed E-state index contributed by atoms with van der Waals surface area (Å²) in [7, 11) is 6.51. The Morgan fingerprint density at radius 1 is 0.679 bits per heavy atom. The van der Waals surface area contributed by atoms with Gasteiger partial charge >= 0.3 is 0 Å². The van der Waals surface area contributed by atoms with Crippen molar-refractivity contribution < 1.29 is 38.4 Å². The topological polar surface area (TPSA) is 147 Å². The fraction of sp³-hybridized carbons (Fsp3) is 0.372. The monoisotopic (exact) mass is 761 g/mol. The van der Waals surface area contributed by atoms with Crippen molar-refractivity contribution in [3.8, 4) is 23.0 Å². The Morgan fingerprint density at radius 2 is 1.29 bits per heavy atom. The van der Waals surface area contributed by atoms with Crippen molar-refractivity contribution in [1.82, 2.24) is 9.80 Å². The van der Waals surface area contributed by atoms with Crippen LogP contribution in [0.2, 0.25) is 0 Å². The number of benzene rings is 4. The van der Waals surface area contributed by atoms with Crippen molar-refractivity contribution in [2.24, 2.45) is 0 Å². The second kappa shape index (κ2) is 15.0. The van der Waals surface area contributed by atoms with E-state index in [2.05, 4.69) is 0 Å². The lowest BCUT2D eigenvalue weighted by atomic mass is 9.92. The number of amides is 3. The molecule has 0 saturated heterocycles. The molecule has 4 heterocycles. The lowest BCUT2D eigenvalue weighted by molar-refractivity contribution is -0.129. The molecule has 4 aliphatic heterocycles. The molecule has 0 spiro atoms. The number of fused-ring (bicyclic) bond motifs is 6. The molecule has 13 heteroatoms. The predicted molar refractivity (Wildman–Crippen MR) is 210 cm³/mol. The second-order valence-corrected chi connectivity index (χ2v) is 14.8. The maximum absolute atomic E-state index is 13.9. The van der Waals surface area contributed by atoms with E-state index in [0.29, 0.717) is 103 Å². The van der Waals surface area contributed by atoms with Gasteiger partial charge in [0.2, 0.25) is 11.8 Å². The van der Waals surface area contributed by atoms with Gasteiger partial charge in [-0.2, -0.15) is 0 Å². The first kappa shape index (κ1) is 37.1. The molecule has 3 N–H and O–H groups in total. The van der Waals surface area contributed by atoms with Crippen LogP contribution in [0.1, 0.15) is 63.7 Å². The Hall–Kier alpha value is -5.79. The first-order valence-corrected chi connectivity index (χ1v) is 19.0. The van der Waals surface area contributed by atoms with E-state index < -0.39 is 18.3 Å². The summed E-state index contributed by atoms with van der Waals surface area (Å²) in [5.41, 5.74) is 12.9. The number of rotatable bonds is 10. The molecular weight excluding hydrogens is 714 g/mol. The number of hydrogen-bond donors (Lipinski definition) is 2. The third-order valence-corrected chi connectivity index (χ3v) is 11.6. The largest absolute Gasteiger partial charge is 0.493 e. The van der Waals surface area contributed by atoms with Crippen molar-refractivity contribution in [2.75, 3.05) is 57.1 Å². The van der Waals surface area contributed by atoms with E-state index in [4.69, 9.17) is 24.7 Å². The summed E-state index contributed by atoms with van der Waals surface area (Å²) in [6.07, 6.45) is 2.10. The van der Waals surface area contributed by atoms with E-state index in [0.717, 1.165) is 28.7 Å². The summed E-state index contributed by atoms with van der Waals surface area (Å²) >= 11 is 0. The van der Waals surface area contributed by atoms with Crippen molar-refractivity contribution in [3.05, 3.63) is 100 Å². The third kappa shape index (κ3) is 6.54. The van der Waals surface area contributed by atoms with Crippen LogP contribution in [-0.2, 0) is 35.5 Å². The maximum atomic E-state index is 13.9. The molecular formula is C43H47N5O8. The first-order chi connectivity index (χ1) is 27.1. The van der Waals surface area contributed by atoms with Gasteiger partial charge < -0.3 is 44.5 Å². The average molecular weight is 762 g/mol. The first-order valence-electron chi connectivity index (χ1n) is 19.0. The van der Waals surface area contributed by atoms with Crippen LogP contribution in [0.5, 0.6) is 23.0 Å². The van der Waals surface area contributed by atoms with Crippen LogP contribution in [0.25, 0.3) is 0 Å². The summed E-state index contributed by atoms with van der Waals surface area (Å²) in [6, 6.07) is 19.4. The minimum absolute atomic E-state index is 0.112. The second-order valence-electron chi connectivity index (χ2n) is 14.8. The number of carbonyl (C=O) groups is 3. The zero-order valence-electron chi connectivity index (χ0n) is 32.1. The highest BCUT2D eigenvalue weighted by Gasteiger charge is 2.43. The summed E-state index contributed by atoms with van der Waals surface area (Å²) in [5, 5.41) is 11.6. The van der Waals surface area contributed by atoms with Crippen LogP contribution >= 0.6 is 0 Å². The number of anilines is 3. The van der Waals surface area contributed by atoms with Gasteiger partial charge in [-0.25, -0.2) is 0 Å². The van der Waals surface area contributed by atoms with Crippen LogP contribution < -0.4 is 34.5 Å². The molecule has 4 aliphatic rings. The molecule has 292 valence electrons. The molecule has 13 nitrogen and oxygen atoms in total. The van der Waals surface area contributed by atoms with E-state index in [1.807, 2.05) is 47.4 Å². The molecule has 3 atom stereocenters. The fourth-order valence-corrected chi connectivity index (χ4v) is 8.44. The predicted octanol–water partition coefficient (Wildman–Crippen LogP) is 4.85. The molecule has 0 saturated carbocycles. The van der Waals surface area contributed by atoms with Crippen molar-refractivity contribution in [2.45, 2.75) is 63.5 Å². The number of carbonyl (C=O) groups excluding carboxylic acids is 3. The molecule has 4 aromatic rings. The number of unbranched alkanes of at least 4 members (excludes halogenated alkanes) is 2. The number of nitrogens with zero attached hydrogens (tertiary/aromatic N) is 4. The molecule has 56 heavy (non-hydrogen) atoms. The number of nitrogen functional groups attached to an aromatic ring is 1. The average Bonchev–Trinajstić information content (AvgIpc) is 3.33. The number of hydrogen-bond acceptors (Lipinski definition) is 10. The number of aliphatic hydroxyl groups is 1. The minimum Gasteiger partial charge on any atom is -0.493 e. The summed E-state index contributed by atoms with van der Waals surface area (Å²) in [6.45, 7) is 1.53. The van der Waals surface area contributed by atoms with Crippen molar-refractivity contribution in [3.63, 3.8) is 0 Å². The van der Waals surface area contributed by atoms with Crippen molar-refractivity contribution >= 4 is 34.8 Å². The lowest BCUT2D eigenvalue weighted by Gasteiger charge is -2.37. The van der Waals surface area contributed by atoms with Gasteiger partial charge in [0.15, 0.2) is 23.0 Å². The zero-order valence-corrected chi connectivity index (χ0v) is 32.1. The van der Waals surface area contributed by atoms with Gasteiger partial charge in [-0.15, -0.1) is 0 Å². The quantitative estimate of drug-likeness (QED) is 0.170. The van der Waals surface area contributed by atoms with Crippen LogP contribution in [0.15, 0.2) is 66.7 Å². The Bertz CT molecular complexity index is 2210. The smallest absolute Gasteiger partial charge is 0.257 e. The summed E-state index contributed by atoms with van der Waals surface area (Å²) in [4.78, 5) is 48.0. The highest BCUT2D eigenvalue weighted by molar-refractivity contribution is 6.11. The van der Waals surface area contributed by atoms with Gasteiger partial charge in [-0.3, -0.25) is 19.3 Å². The normalized spacial score (nSPS) is 20.1. The number of likely N-dealkylation sites (N-methyl/N-ethyl adjacent to an activating group) is 2. The van der Waals surface area contributed by atoms with Crippen LogP contribution in [0, 0.1) is 0 Å². The zero-order chi connectivity index (χ0) is 39.2. The Labute approximate surface area is 326 Å². The van der Waals surface area contributed by atoms with Crippen LogP contribution in [0.3, 0.4) is 0 Å². The molecule has 0 fully saturated rings. The molecule has 0 bridgehead atoms. The van der Waals surface area contributed by atoms with E-state index in [-0.39, 0.29) is 17.7 Å². The molecule has 3 amide bonds. The van der Waals surface area contributed by atoms with Crippen molar-refractivity contribution in [1.29, 1.82) is 0 Å². The fourth-order valence-electron chi connectivity index (χ4n) is 8.44. The van der Waals surface area contributed by atoms with E-state index >= 15 is 0 Å². The molecule has 0 radical (unpaired) electrons. The Kier molecular flexibility index (Phi) is 9.98. The standard InChI is InChI=1S/C43H47N5O8/c1-45-32-21-38(36(53-3)19-30(32)40(49)47-23-27-11-7-6-10-25(27)17-34(47)42(45)51)55-14-8-5-9-15-56-39-22-33-31(20-37(39)54-4)41(50)48-24-28-16-29(44)13-12-26(28)18-35(48)43(52)46(33)2/h6-7,10-13,16,19-22,34-35,41,50H,5,8-9,14-15,17-18,23-24,44H2,1-4H3/t34-,35-,41?/m0/s1. The summed E-state index contributed by atoms with van der Waals surface area (Å²) in [5.74, 6) is 1.35. The number of methoxy groups -OCH3 is 2. The highest BCUT2D eigenvalue weighted by Crippen LogP contribution is 2.44. The van der Waals surface area contributed by atoms with Gasteiger partial charge in [0.25, 0.3) is 5.91 Å². The molecule has 1 unspecified atom stereocenters. The highest BCUT2D eigenvalue weighted by atomic mass is 16.5. The Balaban J connectivity index is 0.895. The number of ether oxygens (including phenoxy) is 4. The van der Waals surface area contributed by atoms with Gasteiger partial charge in [0.1, 0.15) is 12.3 Å². The van der Waals surface area contributed by atoms with Crippen LogP contribution in [-0.4, -0.2) is 86.2 Å². The number of nitrogens with two attached hydrogens (primary N) is 1. The third-order valence-electron chi connectivity index (χ3n) is 11.6. The van der Waals surface area contributed by atoms with E-state index in [9.17, 15) is 19.5 Å². The maximum Gasteiger partial charge on any atom is 0.257 e. The van der Waals surface area contributed by atoms with Gasteiger partial charge in [0.05, 0.1) is 50.4 Å².